The number of fused-ring (bicyclic) bond motifs is 1. The second kappa shape index (κ2) is 5.55. The van der Waals surface area contributed by atoms with Crippen LogP contribution >= 0.6 is 0 Å². The molecule has 3 aromatic rings. The van der Waals surface area contributed by atoms with Gasteiger partial charge in [-0.1, -0.05) is 24.3 Å². The molecule has 1 heterocycles. The second-order valence-corrected chi connectivity index (χ2v) is 5.01. The minimum atomic E-state index is -4.48. The molecule has 0 radical (unpaired) electrons. The summed E-state index contributed by atoms with van der Waals surface area (Å²) in [6, 6.07) is 10.4. The van der Waals surface area contributed by atoms with Crippen molar-refractivity contribution >= 4 is 11.0 Å². The smallest absolute Gasteiger partial charge is 0.416 e. The van der Waals surface area contributed by atoms with E-state index in [4.69, 9.17) is 4.42 Å². The Morgan fingerprint density at radius 2 is 1.78 bits per heavy atom. The highest BCUT2D eigenvalue weighted by molar-refractivity contribution is 5.81. The predicted molar refractivity (Wildman–Crippen MR) is 78.8 cm³/mol. The van der Waals surface area contributed by atoms with Crippen LogP contribution in [0.5, 0.6) is 0 Å². The topological polar surface area (TPSA) is 50.4 Å². The van der Waals surface area contributed by atoms with Crippen molar-refractivity contribution in [2.24, 2.45) is 0 Å². The van der Waals surface area contributed by atoms with Crippen molar-refractivity contribution in [2.45, 2.75) is 12.8 Å². The van der Waals surface area contributed by atoms with E-state index in [9.17, 15) is 23.1 Å². The maximum Gasteiger partial charge on any atom is 0.416 e. The molecule has 0 aliphatic rings. The van der Waals surface area contributed by atoms with E-state index in [1.807, 2.05) is 0 Å². The third kappa shape index (κ3) is 2.85. The first kappa shape index (κ1) is 15.3. The standard InChI is InChI=1S/C17H11F3O3/c18-17(19,20)12-5-1-3-10(7-12)15-8-14(22)13-6-2-4-11(9-21)16(13)23-15/h1-8,21H,9H2. The van der Waals surface area contributed by atoms with Crippen LogP contribution in [0.1, 0.15) is 11.1 Å². The van der Waals surface area contributed by atoms with Gasteiger partial charge in [0.25, 0.3) is 0 Å². The van der Waals surface area contributed by atoms with Crippen LogP contribution in [0.3, 0.4) is 0 Å². The fourth-order valence-electron chi connectivity index (χ4n) is 2.35. The third-order valence-corrected chi connectivity index (χ3v) is 3.48. The molecule has 1 N–H and O–H groups in total. The normalized spacial score (nSPS) is 11.8. The average Bonchev–Trinajstić information content (AvgIpc) is 2.53. The number of hydrogen-bond donors (Lipinski definition) is 1. The molecule has 0 spiro atoms. The summed E-state index contributed by atoms with van der Waals surface area (Å²) in [5, 5.41) is 9.60. The van der Waals surface area contributed by atoms with Crippen LogP contribution < -0.4 is 5.43 Å². The van der Waals surface area contributed by atoms with Gasteiger partial charge in [-0.2, -0.15) is 13.2 Å². The molecule has 3 nitrogen and oxygen atoms in total. The van der Waals surface area contributed by atoms with E-state index in [0.29, 0.717) is 5.56 Å². The molecule has 1 aromatic heterocycles. The zero-order valence-electron chi connectivity index (χ0n) is 11.7. The fraction of sp³-hybridized carbons (Fsp3) is 0.118. The van der Waals surface area contributed by atoms with Gasteiger partial charge >= 0.3 is 6.18 Å². The first-order chi connectivity index (χ1) is 10.9. The summed E-state index contributed by atoms with van der Waals surface area (Å²) in [5.74, 6) is 0.0227. The number of alkyl halides is 3. The Labute approximate surface area is 128 Å². The Kier molecular flexibility index (Phi) is 3.69. The van der Waals surface area contributed by atoms with Crippen LogP contribution in [0.4, 0.5) is 13.2 Å². The highest BCUT2D eigenvalue weighted by Crippen LogP contribution is 2.32. The molecule has 3 rings (SSSR count). The Hall–Kier alpha value is -2.60. The fourth-order valence-corrected chi connectivity index (χ4v) is 2.35. The lowest BCUT2D eigenvalue weighted by molar-refractivity contribution is -0.137. The van der Waals surface area contributed by atoms with Gasteiger partial charge in [-0.25, -0.2) is 0 Å². The van der Waals surface area contributed by atoms with Crippen molar-refractivity contribution in [1.82, 2.24) is 0 Å². The van der Waals surface area contributed by atoms with Crippen LogP contribution in [0, 0.1) is 0 Å². The molecule has 0 amide bonds. The number of aliphatic hydroxyl groups is 1. The van der Waals surface area contributed by atoms with Gasteiger partial charge in [-0.05, 0) is 18.2 Å². The molecule has 0 saturated carbocycles. The zero-order valence-corrected chi connectivity index (χ0v) is 11.7. The van der Waals surface area contributed by atoms with E-state index in [2.05, 4.69) is 0 Å². The van der Waals surface area contributed by atoms with Crippen molar-refractivity contribution in [3.63, 3.8) is 0 Å². The highest BCUT2D eigenvalue weighted by atomic mass is 19.4. The number of halogens is 3. The van der Waals surface area contributed by atoms with Gasteiger partial charge in [0.1, 0.15) is 11.3 Å². The molecule has 6 heteroatoms. The first-order valence-corrected chi connectivity index (χ1v) is 6.74. The average molecular weight is 320 g/mol. The summed E-state index contributed by atoms with van der Waals surface area (Å²) in [5.41, 5.74) is -0.489. The van der Waals surface area contributed by atoms with Crippen molar-refractivity contribution < 1.29 is 22.7 Å². The van der Waals surface area contributed by atoms with Crippen LogP contribution in [0.15, 0.2) is 57.7 Å². The number of hydrogen-bond acceptors (Lipinski definition) is 3. The summed E-state index contributed by atoms with van der Waals surface area (Å²) >= 11 is 0. The molecule has 0 unspecified atom stereocenters. The molecule has 0 saturated heterocycles. The van der Waals surface area contributed by atoms with Crippen LogP contribution in [-0.2, 0) is 12.8 Å². The molecule has 0 fully saturated rings. The molecule has 0 bridgehead atoms. The van der Waals surface area contributed by atoms with Gasteiger partial charge in [0.15, 0.2) is 5.43 Å². The Morgan fingerprint density at radius 1 is 1.04 bits per heavy atom. The number of para-hydroxylation sites is 1. The number of benzene rings is 2. The molecule has 2 aromatic carbocycles. The quantitative estimate of drug-likeness (QED) is 0.777. The zero-order chi connectivity index (χ0) is 16.6. The van der Waals surface area contributed by atoms with Gasteiger partial charge in [-0.3, -0.25) is 4.79 Å². The monoisotopic (exact) mass is 320 g/mol. The molecular weight excluding hydrogens is 309 g/mol. The number of rotatable bonds is 2. The van der Waals surface area contributed by atoms with Crippen molar-refractivity contribution in [3.8, 4) is 11.3 Å². The van der Waals surface area contributed by atoms with Gasteiger partial charge in [-0.15, -0.1) is 0 Å². The summed E-state index contributed by atoms with van der Waals surface area (Å²) in [7, 11) is 0. The molecule has 23 heavy (non-hydrogen) atoms. The maximum absolute atomic E-state index is 12.8. The SMILES string of the molecule is O=c1cc(-c2cccc(C(F)(F)F)c2)oc2c(CO)cccc12. The van der Waals surface area contributed by atoms with E-state index in [0.717, 1.165) is 18.2 Å². The van der Waals surface area contributed by atoms with Gasteiger partial charge in [0, 0.05) is 17.2 Å². The van der Waals surface area contributed by atoms with Gasteiger partial charge in [0.05, 0.1) is 17.6 Å². The van der Waals surface area contributed by atoms with Crippen molar-refractivity contribution in [2.75, 3.05) is 0 Å². The van der Waals surface area contributed by atoms with Crippen molar-refractivity contribution in [3.05, 3.63) is 69.9 Å². The Balaban J connectivity index is 2.23. The second-order valence-electron chi connectivity index (χ2n) is 5.01. The Bertz CT molecular complexity index is 926. The molecule has 0 atom stereocenters. The minimum absolute atomic E-state index is 0.0227. The number of aliphatic hydroxyl groups excluding tert-OH is 1. The van der Waals surface area contributed by atoms with Gasteiger partial charge < -0.3 is 9.52 Å². The summed E-state index contributed by atoms with van der Waals surface area (Å²) in [6.07, 6.45) is -4.48. The minimum Gasteiger partial charge on any atom is -0.455 e. The maximum atomic E-state index is 12.8. The van der Waals surface area contributed by atoms with Crippen LogP contribution in [0.2, 0.25) is 0 Å². The lowest BCUT2D eigenvalue weighted by Crippen LogP contribution is -2.05. The van der Waals surface area contributed by atoms with Crippen LogP contribution in [0.25, 0.3) is 22.3 Å². The van der Waals surface area contributed by atoms with Crippen molar-refractivity contribution in [1.29, 1.82) is 0 Å². The highest BCUT2D eigenvalue weighted by Gasteiger charge is 2.30. The van der Waals surface area contributed by atoms with E-state index >= 15 is 0 Å². The van der Waals surface area contributed by atoms with E-state index < -0.39 is 11.7 Å². The predicted octanol–water partition coefficient (Wildman–Crippen LogP) is 3.97. The molecular formula is C17H11F3O3. The molecule has 0 aliphatic carbocycles. The van der Waals surface area contributed by atoms with Crippen LogP contribution in [-0.4, -0.2) is 5.11 Å². The van der Waals surface area contributed by atoms with E-state index in [-0.39, 0.29) is 34.3 Å². The Morgan fingerprint density at radius 3 is 2.48 bits per heavy atom. The largest absolute Gasteiger partial charge is 0.455 e. The first-order valence-electron chi connectivity index (χ1n) is 6.74. The molecule has 118 valence electrons. The lowest BCUT2D eigenvalue weighted by Gasteiger charge is -2.09. The summed E-state index contributed by atoms with van der Waals surface area (Å²) < 4.78 is 44.0. The molecule has 0 aliphatic heterocycles. The van der Waals surface area contributed by atoms with E-state index in [1.165, 1.54) is 18.2 Å². The lowest BCUT2D eigenvalue weighted by atomic mass is 10.1. The summed E-state index contributed by atoms with van der Waals surface area (Å²) in [4.78, 5) is 12.2. The summed E-state index contributed by atoms with van der Waals surface area (Å²) in [6.45, 7) is -0.341. The van der Waals surface area contributed by atoms with Gasteiger partial charge in [0.2, 0.25) is 0 Å². The third-order valence-electron chi connectivity index (χ3n) is 3.48. The van der Waals surface area contributed by atoms with E-state index in [1.54, 1.807) is 12.1 Å².